The van der Waals surface area contributed by atoms with Crippen molar-refractivity contribution < 1.29 is 9.53 Å². The van der Waals surface area contributed by atoms with Gasteiger partial charge >= 0.3 is 5.97 Å². The van der Waals surface area contributed by atoms with Gasteiger partial charge in [-0.1, -0.05) is 7.43 Å². The molecule has 2 heteroatoms. The second-order valence-corrected chi connectivity index (χ2v) is 1.07. The normalized spacial score (nSPS) is 15.7. The molecule has 0 radical (unpaired) electrons. The molecular weight excluding hydrogens is 92.1 g/mol. The summed E-state index contributed by atoms with van der Waals surface area (Å²) in [6.45, 7) is 0. The van der Waals surface area contributed by atoms with E-state index in [-0.39, 0.29) is 13.4 Å². The van der Waals surface area contributed by atoms with Crippen molar-refractivity contribution in [2.45, 2.75) is 13.8 Å². The topological polar surface area (TPSA) is 26.3 Å². The van der Waals surface area contributed by atoms with Crippen LogP contribution in [-0.2, 0) is 9.53 Å². The van der Waals surface area contributed by atoms with Crippen molar-refractivity contribution in [3.8, 4) is 0 Å². The summed E-state index contributed by atoms with van der Waals surface area (Å²) in [5, 5.41) is 0. The Kier molecular flexibility index (Phi) is 2.12. The molecule has 0 unspecified atom stereocenters. The Bertz CT molecular complexity index is 84.3. The van der Waals surface area contributed by atoms with Crippen molar-refractivity contribution in [1.82, 2.24) is 0 Å². The van der Waals surface area contributed by atoms with Gasteiger partial charge in [-0.15, -0.1) is 0 Å². The van der Waals surface area contributed by atoms with Crippen LogP contribution in [0.4, 0.5) is 0 Å². The lowest BCUT2D eigenvalue weighted by Gasteiger charge is -1.78. The van der Waals surface area contributed by atoms with Crippen molar-refractivity contribution in [3.05, 3.63) is 12.3 Å². The Balaban J connectivity index is 0.000000360. The molecule has 0 aliphatic carbocycles. The van der Waals surface area contributed by atoms with E-state index in [0.717, 1.165) is 0 Å². The maximum atomic E-state index is 9.96. The number of cyclic esters (lactones) is 1. The van der Waals surface area contributed by atoms with E-state index in [0.29, 0.717) is 6.42 Å². The molecule has 0 atom stereocenters. The number of carbonyl (C=O) groups is 1. The van der Waals surface area contributed by atoms with E-state index in [4.69, 9.17) is 0 Å². The molecule has 0 aromatic heterocycles. The molecule has 0 N–H and O–H groups in total. The average Bonchev–Trinajstić information content (AvgIpc) is 1.86. The van der Waals surface area contributed by atoms with E-state index < -0.39 is 0 Å². The van der Waals surface area contributed by atoms with Crippen LogP contribution >= 0.6 is 0 Å². The van der Waals surface area contributed by atoms with Crippen LogP contribution in [0.1, 0.15) is 13.8 Å². The monoisotopic (exact) mass is 100 g/mol. The van der Waals surface area contributed by atoms with Crippen LogP contribution in [0.5, 0.6) is 0 Å². The molecule has 0 saturated carbocycles. The Morgan fingerprint density at radius 3 is 2.57 bits per heavy atom. The molecule has 7 heavy (non-hydrogen) atoms. The van der Waals surface area contributed by atoms with Crippen molar-refractivity contribution in [1.29, 1.82) is 0 Å². The van der Waals surface area contributed by atoms with Gasteiger partial charge < -0.3 is 4.74 Å². The third kappa shape index (κ3) is 1.39. The fourth-order valence-electron chi connectivity index (χ4n) is 0.316. The zero-order valence-corrected chi connectivity index (χ0v) is 3.18. The maximum Gasteiger partial charge on any atom is 0.314 e. The first-order chi connectivity index (χ1) is 2.89. The first kappa shape index (κ1) is 6.21. The highest BCUT2D eigenvalue weighted by Crippen LogP contribution is 1.96. The predicted molar refractivity (Wildman–Crippen MR) is 26.6 cm³/mol. The van der Waals surface area contributed by atoms with Crippen LogP contribution in [-0.4, -0.2) is 5.97 Å². The van der Waals surface area contributed by atoms with Gasteiger partial charge in [-0.3, -0.25) is 4.79 Å². The lowest BCUT2D eigenvalue weighted by molar-refractivity contribution is -0.135. The van der Waals surface area contributed by atoms with Crippen molar-refractivity contribution >= 4 is 5.97 Å². The number of ether oxygens (including phenoxy) is 1. The van der Waals surface area contributed by atoms with Gasteiger partial charge in [-0.2, -0.15) is 0 Å². The highest BCUT2D eigenvalue weighted by molar-refractivity contribution is 5.73. The fourth-order valence-corrected chi connectivity index (χ4v) is 0.316. The number of esters is 1. The summed E-state index contributed by atoms with van der Waals surface area (Å²) >= 11 is 0. The van der Waals surface area contributed by atoms with Crippen LogP contribution in [0.15, 0.2) is 12.3 Å². The molecule has 0 saturated heterocycles. The van der Waals surface area contributed by atoms with E-state index in [2.05, 4.69) is 4.74 Å². The third-order valence-corrected chi connectivity index (χ3v) is 0.580. The number of hydrogen-bond donors (Lipinski definition) is 0. The van der Waals surface area contributed by atoms with Gasteiger partial charge in [0.25, 0.3) is 0 Å². The van der Waals surface area contributed by atoms with Gasteiger partial charge in [0.05, 0.1) is 12.7 Å². The number of carbonyl (C=O) groups excluding carboxylic acids is 1. The van der Waals surface area contributed by atoms with Gasteiger partial charge in [0, 0.05) is 0 Å². The Morgan fingerprint density at radius 1 is 1.71 bits per heavy atom. The standard InChI is InChI=1S/C4H4O2.CH4/c5-4-2-1-3-6-4;/h1,3H,2H2;1H4. The van der Waals surface area contributed by atoms with Gasteiger partial charge in [0.15, 0.2) is 0 Å². The molecule has 0 aromatic rings. The quantitative estimate of drug-likeness (QED) is 0.426. The molecule has 1 rings (SSSR count). The summed E-state index contributed by atoms with van der Waals surface area (Å²) in [5.74, 6) is -0.157. The van der Waals surface area contributed by atoms with Gasteiger partial charge in [-0.25, -0.2) is 0 Å². The van der Waals surface area contributed by atoms with E-state index >= 15 is 0 Å². The summed E-state index contributed by atoms with van der Waals surface area (Å²) in [6, 6.07) is 0. The highest BCUT2D eigenvalue weighted by atomic mass is 16.5. The molecule has 0 bridgehead atoms. The van der Waals surface area contributed by atoms with Crippen LogP contribution in [0.2, 0.25) is 0 Å². The largest absolute Gasteiger partial charge is 0.435 e. The van der Waals surface area contributed by atoms with Crippen LogP contribution in [0.3, 0.4) is 0 Å². The minimum Gasteiger partial charge on any atom is -0.435 e. The van der Waals surface area contributed by atoms with Crippen LogP contribution in [0, 0.1) is 0 Å². The van der Waals surface area contributed by atoms with Gasteiger partial charge in [0.2, 0.25) is 0 Å². The average molecular weight is 100 g/mol. The second kappa shape index (κ2) is 2.39. The zero-order valence-electron chi connectivity index (χ0n) is 3.18. The lowest BCUT2D eigenvalue weighted by atomic mass is 10.5. The molecule has 2 nitrogen and oxygen atoms in total. The summed E-state index contributed by atoms with van der Waals surface area (Å²) in [5.41, 5.74) is 0. The Hall–Kier alpha value is -0.790. The molecule has 1 aliphatic rings. The first-order valence-electron chi connectivity index (χ1n) is 1.74. The zero-order chi connectivity index (χ0) is 4.41. The molecule has 0 fully saturated rings. The fraction of sp³-hybridized carbons (Fsp3) is 0.400. The molecule has 0 spiro atoms. The molecule has 1 heterocycles. The summed E-state index contributed by atoms with van der Waals surface area (Å²) < 4.78 is 4.33. The number of rotatable bonds is 0. The summed E-state index contributed by atoms with van der Waals surface area (Å²) in [6.07, 6.45) is 3.53. The van der Waals surface area contributed by atoms with Gasteiger partial charge in [-0.05, 0) is 6.08 Å². The van der Waals surface area contributed by atoms with Crippen LogP contribution < -0.4 is 0 Å². The molecule has 1 aliphatic heterocycles. The predicted octanol–water partition coefficient (Wildman–Crippen LogP) is 1.08. The van der Waals surface area contributed by atoms with Crippen molar-refractivity contribution in [3.63, 3.8) is 0 Å². The molecule has 0 aromatic carbocycles. The van der Waals surface area contributed by atoms with Gasteiger partial charge in [0.1, 0.15) is 0 Å². The Labute approximate surface area is 42.8 Å². The smallest absolute Gasteiger partial charge is 0.314 e. The van der Waals surface area contributed by atoms with Crippen LogP contribution in [0.25, 0.3) is 0 Å². The maximum absolute atomic E-state index is 9.96. The van der Waals surface area contributed by atoms with Crippen molar-refractivity contribution in [2.24, 2.45) is 0 Å². The molecule has 40 valence electrons. The Morgan fingerprint density at radius 2 is 2.43 bits per heavy atom. The minimum atomic E-state index is -0.157. The van der Waals surface area contributed by atoms with E-state index in [9.17, 15) is 4.79 Å². The molecular formula is C5H8O2. The third-order valence-electron chi connectivity index (χ3n) is 0.580. The first-order valence-corrected chi connectivity index (χ1v) is 1.74. The van der Waals surface area contributed by atoms with E-state index in [1.54, 1.807) is 6.08 Å². The summed E-state index contributed by atoms with van der Waals surface area (Å²) in [4.78, 5) is 9.96. The highest BCUT2D eigenvalue weighted by Gasteiger charge is 2.00. The SMILES string of the molecule is C.O=C1CC=CO1. The number of hydrogen-bond acceptors (Lipinski definition) is 2. The van der Waals surface area contributed by atoms with E-state index in [1.165, 1.54) is 6.26 Å². The van der Waals surface area contributed by atoms with Crippen molar-refractivity contribution in [2.75, 3.05) is 0 Å². The minimum absolute atomic E-state index is 0. The summed E-state index contributed by atoms with van der Waals surface area (Å²) in [7, 11) is 0. The molecule has 0 amide bonds. The van der Waals surface area contributed by atoms with E-state index in [1.807, 2.05) is 0 Å². The second-order valence-electron chi connectivity index (χ2n) is 1.07. The lowest BCUT2D eigenvalue weighted by Crippen LogP contribution is -1.87.